The average Bonchev–Trinajstić information content (AvgIpc) is 3.44. The molecule has 1 atom stereocenters. The lowest BCUT2D eigenvalue weighted by molar-refractivity contribution is -0.138. The number of ketones is 1. The van der Waals surface area contributed by atoms with Crippen LogP contribution in [0, 0.1) is 11.8 Å². The number of fused-ring (bicyclic) bond motifs is 2. The predicted molar refractivity (Wildman–Crippen MR) is 297 cm³/mol. The van der Waals surface area contributed by atoms with Crippen molar-refractivity contribution in [1.82, 2.24) is 9.80 Å². The van der Waals surface area contributed by atoms with Crippen LogP contribution in [-0.2, 0) is 31.2 Å². The third kappa shape index (κ3) is 13.6. The third-order valence-electron chi connectivity index (χ3n) is 16.2. The van der Waals surface area contributed by atoms with Gasteiger partial charge in [0, 0.05) is 87.9 Å². The number of carboxylic acids is 4. The molecule has 8 rings (SSSR count). The highest BCUT2D eigenvalue weighted by molar-refractivity contribution is 6.08. The number of piperazine rings is 2. The van der Waals surface area contributed by atoms with Gasteiger partial charge in [-0.1, -0.05) is 91.5 Å². The molecule has 14 nitrogen and oxygen atoms in total. The van der Waals surface area contributed by atoms with E-state index in [0.717, 1.165) is 101 Å². The zero-order valence-electron chi connectivity index (χ0n) is 45.5. The first-order chi connectivity index (χ1) is 35.7. The number of carboxylic acid groups (broad SMARTS) is 4. The van der Waals surface area contributed by atoms with Crippen LogP contribution in [0.2, 0.25) is 0 Å². The molecular formula is C62H76N4O10. The maximum Gasteiger partial charge on any atom is 0.335 e. The van der Waals surface area contributed by atoms with Crippen LogP contribution in [0.4, 0.5) is 11.4 Å². The van der Waals surface area contributed by atoms with E-state index in [-0.39, 0.29) is 51.4 Å². The van der Waals surface area contributed by atoms with E-state index in [2.05, 4.69) is 105 Å². The van der Waals surface area contributed by atoms with E-state index in [0.29, 0.717) is 24.2 Å². The fourth-order valence-electron chi connectivity index (χ4n) is 11.2. The lowest BCUT2D eigenvalue weighted by Gasteiger charge is -2.46. The number of allylic oxidation sites excluding steroid dienone is 1. The number of benzene rings is 4. The minimum atomic E-state index is -0.990. The van der Waals surface area contributed by atoms with Crippen LogP contribution in [0.15, 0.2) is 78.9 Å². The summed E-state index contributed by atoms with van der Waals surface area (Å²) < 4.78 is 0. The van der Waals surface area contributed by atoms with Gasteiger partial charge in [-0.05, 0) is 141 Å². The van der Waals surface area contributed by atoms with E-state index in [1.807, 2.05) is 6.07 Å². The highest BCUT2D eigenvalue weighted by Crippen LogP contribution is 2.52. The molecule has 0 bridgehead atoms. The molecule has 2 saturated heterocycles. The van der Waals surface area contributed by atoms with Crippen molar-refractivity contribution >= 4 is 47.1 Å². The Kier molecular flexibility index (Phi) is 17.4. The summed E-state index contributed by atoms with van der Waals surface area (Å²) in [4.78, 5) is 66.8. The maximum absolute atomic E-state index is 13.4. The van der Waals surface area contributed by atoms with Crippen molar-refractivity contribution in [3.63, 3.8) is 0 Å². The van der Waals surface area contributed by atoms with Gasteiger partial charge in [0.15, 0.2) is 5.78 Å². The fourth-order valence-corrected chi connectivity index (χ4v) is 11.2. The quantitative estimate of drug-likeness (QED) is 0.0454. The molecule has 2 heterocycles. The number of aliphatic hydroxyl groups is 1. The Hall–Kier alpha value is -6.79. The van der Waals surface area contributed by atoms with Gasteiger partial charge < -0.3 is 35.3 Å². The number of anilines is 2. The first-order valence-corrected chi connectivity index (χ1v) is 26.6. The molecule has 14 heteroatoms. The third-order valence-corrected chi connectivity index (χ3v) is 16.2. The summed E-state index contributed by atoms with van der Waals surface area (Å²) in [6.07, 6.45) is 6.83. The first kappa shape index (κ1) is 56.9. The molecule has 0 saturated carbocycles. The summed E-state index contributed by atoms with van der Waals surface area (Å²) in [5, 5.41) is 47.5. The zero-order valence-corrected chi connectivity index (χ0v) is 45.5. The highest BCUT2D eigenvalue weighted by Gasteiger charge is 2.42. The Bertz CT molecular complexity index is 2910. The second kappa shape index (κ2) is 23.2. The van der Waals surface area contributed by atoms with Gasteiger partial charge in [-0.15, -0.1) is 0 Å². The normalized spacial score (nSPS) is 19.0. The summed E-state index contributed by atoms with van der Waals surface area (Å²) in [5.74, 6) is 2.35. The molecular weight excluding hydrogens is 961 g/mol. The molecule has 4 aliphatic rings. The number of hydrogen-bond acceptors (Lipinski definition) is 10. The number of aliphatic carboxylic acids is 2. The number of aliphatic hydroxyl groups excluding tert-OH is 1. The molecule has 0 radical (unpaired) electrons. The van der Waals surface area contributed by atoms with Crippen molar-refractivity contribution < 1.29 is 49.5 Å². The molecule has 0 spiro atoms. The van der Waals surface area contributed by atoms with Crippen LogP contribution in [0.25, 0.3) is 6.08 Å². The molecule has 4 aromatic rings. The number of carbonyl (C=O) groups excluding carboxylic acids is 1. The smallest absolute Gasteiger partial charge is 0.335 e. The predicted octanol–water partition coefficient (Wildman–Crippen LogP) is 9.64. The number of nitrogens with zero attached hydrogens (tertiary/aromatic N) is 4. The monoisotopic (exact) mass is 1040 g/mol. The first-order valence-electron chi connectivity index (χ1n) is 26.6. The van der Waals surface area contributed by atoms with Crippen LogP contribution in [0.3, 0.4) is 0 Å². The van der Waals surface area contributed by atoms with Crippen LogP contribution in [0.1, 0.15) is 170 Å². The lowest BCUT2D eigenvalue weighted by atomic mass is 9.62. The van der Waals surface area contributed by atoms with Gasteiger partial charge in [0.25, 0.3) is 0 Å². The van der Waals surface area contributed by atoms with E-state index in [1.54, 1.807) is 36.4 Å². The van der Waals surface area contributed by atoms with Gasteiger partial charge in [-0.3, -0.25) is 24.2 Å². The Morgan fingerprint density at radius 2 is 0.961 bits per heavy atom. The van der Waals surface area contributed by atoms with Crippen molar-refractivity contribution in [3.8, 4) is 11.8 Å². The molecule has 2 aliphatic heterocycles. The number of aromatic carboxylic acids is 2. The molecule has 1 unspecified atom stereocenters. The van der Waals surface area contributed by atoms with Crippen molar-refractivity contribution in [2.45, 2.75) is 122 Å². The fraction of sp³-hybridized carbons (Fsp3) is 0.468. The molecule has 2 aliphatic carbocycles. The minimum Gasteiger partial charge on any atom is -0.481 e. The van der Waals surface area contributed by atoms with E-state index in [9.17, 15) is 29.1 Å². The van der Waals surface area contributed by atoms with Crippen molar-refractivity contribution in [3.05, 3.63) is 135 Å². The molecule has 76 heavy (non-hydrogen) atoms. The maximum atomic E-state index is 13.4. The Morgan fingerprint density at radius 1 is 0.539 bits per heavy atom. The zero-order chi connectivity index (χ0) is 55.3. The highest BCUT2D eigenvalue weighted by atomic mass is 16.4. The number of rotatable bonds is 14. The summed E-state index contributed by atoms with van der Waals surface area (Å²) in [6, 6.07) is 21.1. The lowest BCUT2D eigenvalue weighted by Crippen LogP contribution is -2.48. The standard InChI is InChI=1S/2C31H38N2O5/c2*1-30(2)12-13-31(3,4)28-24(30)19-23(26(34)10-7-21-5-8-22(9-6-21)29(37)38)20-25(28)33-17-15-32(16-18-33)14-11-27(35)36/h5-6,8-9,19-20,26,34H,11-18H2,1-4H3,(H,35,36)(H,37,38);5-10,19-20H,11-18H2,1-4H3,(H,35,36)(H,37,38)/b;10-7+. The summed E-state index contributed by atoms with van der Waals surface area (Å²) in [5.41, 5.74) is 10.5. The Balaban J connectivity index is 0.000000221. The van der Waals surface area contributed by atoms with Gasteiger partial charge in [-0.2, -0.15) is 0 Å². The summed E-state index contributed by atoms with van der Waals surface area (Å²) >= 11 is 0. The van der Waals surface area contributed by atoms with Crippen molar-refractivity contribution in [2.24, 2.45) is 0 Å². The van der Waals surface area contributed by atoms with Crippen molar-refractivity contribution in [2.75, 3.05) is 75.2 Å². The molecule has 0 amide bonds. The minimum absolute atomic E-state index is 0.0122. The van der Waals surface area contributed by atoms with Crippen LogP contribution in [-0.4, -0.2) is 130 Å². The second-order valence-corrected chi connectivity index (χ2v) is 23.5. The second-order valence-electron chi connectivity index (χ2n) is 23.5. The summed E-state index contributed by atoms with van der Waals surface area (Å²) in [6.45, 7) is 25.6. The molecule has 404 valence electrons. The Morgan fingerprint density at radius 3 is 1.41 bits per heavy atom. The Labute approximate surface area is 448 Å². The van der Waals surface area contributed by atoms with Crippen LogP contribution >= 0.6 is 0 Å². The van der Waals surface area contributed by atoms with Gasteiger partial charge in [-0.25, -0.2) is 9.59 Å². The topological polar surface area (TPSA) is 199 Å². The van der Waals surface area contributed by atoms with Gasteiger partial charge in [0.2, 0.25) is 0 Å². The molecule has 0 aromatic heterocycles. The summed E-state index contributed by atoms with van der Waals surface area (Å²) in [7, 11) is 0. The van der Waals surface area contributed by atoms with E-state index in [4.69, 9.17) is 20.4 Å². The van der Waals surface area contributed by atoms with Gasteiger partial charge >= 0.3 is 23.9 Å². The van der Waals surface area contributed by atoms with E-state index >= 15 is 0 Å². The average molecular weight is 1040 g/mol. The van der Waals surface area contributed by atoms with E-state index in [1.165, 1.54) is 46.5 Å². The molecule has 4 aromatic carbocycles. The van der Waals surface area contributed by atoms with Gasteiger partial charge in [0.05, 0.1) is 24.0 Å². The van der Waals surface area contributed by atoms with Gasteiger partial charge in [0.1, 0.15) is 6.10 Å². The molecule has 5 N–H and O–H groups in total. The number of carbonyl (C=O) groups is 5. The SMILES string of the molecule is CC1(C)CCC(C)(C)c2c(N3CCN(CCC(=O)O)CC3)cc(C(=O)/C=C/c3ccc(C(=O)O)cc3)cc21.CC1(C)CCC(C)(C)c2c(N3CCN(CCC(=O)O)CC3)cc(C(O)C#Cc3ccc(C(=O)O)cc3)cc21. The largest absolute Gasteiger partial charge is 0.481 e. The van der Waals surface area contributed by atoms with E-state index < -0.39 is 30.0 Å². The number of hydrogen-bond donors (Lipinski definition) is 5. The van der Waals surface area contributed by atoms with Crippen LogP contribution in [0.5, 0.6) is 0 Å². The van der Waals surface area contributed by atoms with Crippen LogP contribution < -0.4 is 9.80 Å². The molecule has 2 fully saturated rings. The van der Waals surface area contributed by atoms with Crippen molar-refractivity contribution in [1.29, 1.82) is 0 Å².